The van der Waals surface area contributed by atoms with Crippen molar-refractivity contribution in [1.82, 2.24) is 4.90 Å². The van der Waals surface area contributed by atoms with E-state index in [0.717, 1.165) is 30.4 Å². The van der Waals surface area contributed by atoms with E-state index in [1.165, 1.54) is 45.2 Å². The summed E-state index contributed by atoms with van der Waals surface area (Å²) in [6, 6.07) is 8.90. The Morgan fingerprint density at radius 1 is 1.19 bits per heavy atom. The van der Waals surface area contributed by atoms with E-state index in [0.29, 0.717) is 6.54 Å². The zero-order valence-corrected chi connectivity index (χ0v) is 13.4. The second-order valence-electron chi connectivity index (χ2n) is 6.00. The molecular weight excluding hydrogens is 260 g/mol. The van der Waals surface area contributed by atoms with Crippen LogP contribution in [0.15, 0.2) is 24.3 Å². The molecule has 0 amide bonds. The number of nitrogens with zero attached hydrogens (tertiary/aromatic N) is 1. The normalized spacial score (nSPS) is 20.2. The molecule has 1 aliphatic rings. The Kier molecular flexibility index (Phi) is 7.04. The molecule has 0 spiro atoms. The second-order valence-corrected chi connectivity index (χ2v) is 6.00. The Morgan fingerprint density at radius 2 is 2.00 bits per heavy atom. The smallest absolute Gasteiger partial charge is 0.119 e. The van der Waals surface area contributed by atoms with Crippen LogP contribution < -0.4 is 10.5 Å². The van der Waals surface area contributed by atoms with Crippen molar-refractivity contribution in [3.05, 3.63) is 29.8 Å². The van der Waals surface area contributed by atoms with Crippen molar-refractivity contribution in [1.29, 1.82) is 0 Å². The molecule has 3 nitrogen and oxygen atoms in total. The lowest BCUT2D eigenvalue weighted by Gasteiger charge is -2.29. The molecule has 0 bridgehead atoms. The van der Waals surface area contributed by atoms with Crippen LogP contribution in [-0.2, 0) is 6.54 Å². The third kappa shape index (κ3) is 5.33. The Balaban J connectivity index is 1.70. The molecule has 0 aliphatic carbocycles. The summed E-state index contributed by atoms with van der Waals surface area (Å²) in [6.45, 7) is 6.14. The fraction of sp³-hybridized carbons (Fsp3) is 0.667. The van der Waals surface area contributed by atoms with E-state index in [1.54, 1.807) is 0 Å². The zero-order valence-electron chi connectivity index (χ0n) is 13.4. The molecule has 1 heterocycles. The van der Waals surface area contributed by atoms with E-state index in [-0.39, 0.29) is 0 Å². The van der Waals surface area contributed by atoms with Crippen molar-refractivity contribution < 1.29 is 4.74 Å². The number of hydrogen-bond donors (Lipinski definition) is 1. The van der Waals surface area contributed by atoms with Gasteiger partial charge in [-0.25, -0.2) is 0 Å². The van der Waals surface area contributed by atoms with Crippen LogP contribution in [0.4, 0.5) is 0 Å². The van der Waals surface area contributed by atoms with Crippen molar-refractivity contribution in [2.24, 2.45) is 5.73 Å². The summed E-state index contributed by atoms with van der Waals surface area (Å²) in [5.74, 6) is 0.954. The topological polar surface area (TPSA) is 38.5 Å². The first kappa shape index (κ1) is 16.3. The highest BCUT2D eigenvalue weighted by atomic mass is 16.5. The minimum absolute atomic E-state index is 0.591. The number of likely N-dealkylation sites (tertiary alicyclic amines) is 1. The van der Waals surface area contributed by atoms with Crippen LogP contribution in [0.5, 0.6) is 5.75 Å². The first-order valence-electron chi connectivity index (χ1n) is 8.49. The minimum Gasteiger partial charge on any atom is -0.494 e. The first-order chi connectivity index (χ1) is 10.3. The Bertz CT molecular complexity index is 391. The molecule has 0 saturated carbocycles. The molecule has 1 aromatic carbocycles. The average Bonchev–Trinajstić information content (AvgIpc) is 2.77. The molecular formula is C18H30N2O. The summed E-state index contributed by atoms with van der Waals surface area (Å²) in [7, 11) is 0. The Hall–Kier alpha value is -1.06. The van der Waals surface area contributed by atoms with E-state index < -0.39 is 0 Å². The monoisotopic (exact) mass is 290 g/mol. The summed E-state index contributed by atoms with van der Waals surface area (Å²) in [6.07, 6.45) is 7.92. The van der Waals surface area contributed by atoms with Gasteiger partial charge in [0.15, 0.2) is 0 Å². The standard InChI is InChI=1S/C18H30N2O/c1-2-17-7-4-3-5-12-20(17)13-6-14-21-18-10-8-16(15-19)9-11-18/h8-11,17H,2-7,12-15,19H2,1H3. The van der Waals surface area contributed by atoms with Gasteiger partial charge in [0.25, 0.3) is 0 Å². The fourth-order valence-corrected chi connectivity index (χ4v) is 3.17. The molecule has 1 atom stereocenters. The molecule has 0 radical (unpaired) electrons. The summed E-state index contributed by atoms with van der Waals surface area (Å²) in [4.78, 5) is 2.67. The van der Waals surface area contributed by atoms with Gasteiger partial charge in [0, 0.05) is 19.1 Å². The van der Waals surface area contributed by atoms with Crippen molar-refractivity contribution in [3.63, 3.8) is 0 Å². The van der Waals surface area contributed by atoms with E-state index in [2.05, 4.69) is 11.8 Å². The second kappa shape index (κ2) is 9.06. The average molecular weight is 290 g/mol. The number of nitrogens with two attached hydrogens (primary N) is 1. The van der Waals surface area contributed by atoms with Crippen LogP contribution in [0.3, 0.4) is 0 Å². The molecule has 21 heavy (non-hydrogen) atoms. The maximum absolute atomic E-state index is 5.83. The Morgan fingerprint density at radius 3 is 2.71 bits per heavy atom. The molecule has 118 valence electrons. The highest BCUT2D eigenvalue weighted by Gasteiger charge is 2.18. The highest BCUT2D eigenvalue weighted by molar-refractivity contribution is 5.26. The highest BCUT2D eigenvalue weighted by Crippen LogP contribution is 2.19. The predicted molar refractivity (Wildman–Crippen MR) is 88.6 cm³/mol. The maximum atomic E-state index is 5.83. The predicted octanol–water partition coefficient (Wildman–Crippen LogP) is 3.57. The lowest BCUT2D eigenvalue weighted by Crippen LogP contribution is -2.35. The van der Waals surface area contributed by atoms with Gasteiger partial charge in [0.1, 0.15) is 5.75 Å². The summed E-state index contributed by atoms with van der Waals surface area (Å²) >= 11 is 0. The van der Waals surface area contributed by atoms with Crippen LogP contribution in [0, 0.1) is 0 Å². The summed E-state index contributed by atoms with van der Waals surface area (Å²) in [5, 5.41) is 0. The van der Waals surface area contributed by atoms with Crippen LogP contribution in [0.1, 0.15) is 51.0 Å². The van der Waals surface area contributed by atoms with E-state index in [4.69, 9.17) is 10.5 Å². The molecule has 2 N–H and O–H groups in total. The van der Waals surface area contributed by atoms with E-state index in [1.807, 2.05) is 24.3 Å². The van der Waals surface area contributed by atoms with E-state index >= 15 is 0 Å². The first-order valence-corrected chi connectivity index (χ1v) is 8.49. The number of ether oxygens (including phenoxy) is 1. The van der Waals surface area contributed by atoms with Crippen LogP contribution in [0.25, 0.3) is 0 Å². The van der Waals surface area contributed by atoms with Gasteiger partial charge in [-0.2, -0.15) is 0 Å². The summed E-state index contributed by atoms with van der Waals surface area (Å²) in [5.41, 5.74) is 6.75. The maximum Gasteiger partial charge on any atom is 0.119 e. The Labute approximate surface area is 129 Å². The third-order valence-electron chi connectivity index (χ3n) is 4.49. The SMILES string of the molecule is CCC1CCCCCN1CCCOc1ccc(CN)cc1. The molecule has 1 saturated heterocycles. The molecule has 0 aromatic heterocycles. The quantitative estimate of drug-likeness (QED) is 0.780. The van der Waals surface area contributed by atoms with Gasteiger partial charge < -0.3 is 15.4 Å². The van der Waals surface area contributed by atoms with Gasteiger partial charge >= 0.3 is 0 Å². The fourth-order valence-electron chi connectivity index (χ4n) is 3.17. The van der Waals surface area contributed by atoms with Crippen molar-refractivity contribution in [2.45, 2.75) is 58.0 Å². The van der Waals surface area contributed by atoms with Crippen LogP contribution >= 0.6 is 0 Å². The summed E-state index contributed by atoms with van der Waals surface area (Å²) < 4.78 is 5.83. The minimum atomic E-state index is 0.591. The molecule has 1 unspecified atom stereocenters. The largest absolute Gasteiger partial charge is 0.494 e. The van der Waals surface area contributed by atoms with Gasteiger partial charge in [-0.1, -0.05) is 31.9 Å². The van der Waals surface area contributed by atoms with Gasteiger partial charge in [0.05, 0.1) is 6.61 Å². The lowest BCUT2D eigenvalue weighted by molar-refractivity contribution is 0.177. The van der Waals surface area contributed by atoms with Gasteiger partial charge in [-0.3, -0.25) is 0 Å². The third-order valence-corrected chi connectivity index (χ3v) is 4.49. The molecule has 1 fully saturated rings. The molecule has 3 heteroatoms. The lowest BCUT2D eigenvalue weighted by atomic mass is 10.1. The number of rotatable bonds is 7. The van der Waals surface area contributed by atoms with Gasteiger partial charge in [-0.15, -0.1) is 0 Å². The number of hydrogen-bond acceptors (Lipinski definition) is 3. The zero-order chi connectivity index (χ0) is 14.9. The van der Waals surface area contributed by atoms with Crippen molar-refractivity contribution >= 4 is 0 Å². The molecule has 1 aromatic rings. The number of benzene rings is 1. The molecule has 2 rings (SSSR count). The van der Waals surface area contributed by atoms with E-state index in [9.17, 15) is 0 Å². The van der Waals surface area contributed by atoms with Crippen molar-refractivity contribution in [2.75, 3.05) is 19.7 Å². The van der Waals surface area contributed by atoms with Crippen LogP contribution in [-0.4, -0.2) is 30.6 Å². The van der Waals surface area contributed by atoms with Gasteiger partial charge in [0.2, 0.25) is 0 Å². The molecule has 1 aliphatic heterocycles. The van der Waals surface area contributed by atoms with Crippen LogP contribution in [0.2, 0.25) is 0 Å². The van der Waals surface area contributed by atoms with Crippen molar-refractivity contribution in [3.8, 4) is 5.75 Å². The van der Waals surface area contributed by atoms with Gasteiger partial charge in [-0.05, 0) is 49.9 Å².